The molecule has 0 aromatic heterocycles. The Kier molecular flexibility index (Phi) is 8.07. The molecule has 2 N–H and O–H groups in total. The summed E-state index contributed by atoms with van der Waals surface area (Å²) in [7, 11) is 1.51. The van der Waals surface area contributed by atoms with Crippen molar-refractivity contribution in [1.29, 1.82) is 0 Å². The molecule has 0 aliphatic carbocycles. The van der Waals surface area contributed by atoms with Gasteiger partial charge in [0.1, 0.15) is 6.04 Å². The second-order valence-electron chi connectivity index (χ2n) is 4.65. The zero-order valence-electron chi connectivity index (χ0n) is 12.9. The molecule has 0 radical (unpaired) electrons. The van der Waals surface area contributed by atoms with E-state index >= 15 is 0 Å². The summed E-state index contributed by atoms with van der Waals surface area (Å²) in [6, 6.07) is 5.34. The summed E-state index contributed by atoms with van der Waals surface area (Å²) in [6.45, 7) is 1.76. The Labute approximate surface area is 139 Å². The number of carbonyl (C=O) groups is 3. The van der Waals surface area contributed by atoms with Crippen LogP contribution in [0, 0.1) is 0 Å². The predicted molar refractivity (Wildman–Crippen MR) is 84.2 cm³/mol. The van der Waals surface area contributed by atoms with Gasteiger partial charge in [-0.05, 0) is 31.2 Å². The van der Waals surface area contributed by atoms with E-state index in [0.717, 1.165) is 0 Å². The Balaban J connectivity index is 2.37. The molecule has 126 valence electrons. The zero-order chi connectivity index (χ0) is 17.2. The van der Waals surface area contributed by atoms with E-state index < -0.39 is 30.4 Å². The van der Waals surface area contributed by atoms with Gasteiger partial charge < -0.3 is 20.1 Å². The number of amides is 2. The minimum Gasteiger partial charge on any atom is -0.454 e. The van der Waals surface area contributed by atoms with Crippen LogP contribution in [-0.2, 0) is 19.1 Å². The number of nitrogens with one attached hydrogen (secondary N) is 2. The first-order valence-electron chi connectivity index (χ1n) is 6.92. The highest BCUT2D eigenvalue weighted by atomic mass is 35.5. The van der Waals surface area contributed by atoms with Gasteiger partial charge in [0.2, 0.25) is 0 Å². The minimum absolute atomic E-state index is 0.329. The fraction of sp³-hybridized carbons (Fsp3) is 0.400. The maximum Gasteiger partial charge on any atom is 0.328 e. The quantitative estimate of drug-likeness (QED) is 0.537. The smallest absolute Gasteiger partial charge is 0.328 e. The summed E-state index contributed by atoms with van der Waals surface area (Å²) in [5, 5.41) is 5.50. The van der Waals surface area contributed by atoms with Gasteiger partial charge in [-0.1, -0.05) is 11.6 Å². The van der Waals surface area contributed by atoms with E-state index in [1.165, 1.54) is 14.0 Å². The van der Waals surface area contributed by atoms with Crippen molar-refractivity contribution in [3.05, 3.63) is 34.9 Å². The van der Waals surface area contributed by atoms with Crippen molar-refractivity contribution < 1.29 is 23.9 Å². The van der Waals surface area contributed by atoms with Gasteiger partial charge in [0.15, 0.2) is 6.61 Å². The van der Waals surface area contributed by atoms with E-state index in [-0.39, 0.29) is 0 Å². The highest BCUT2D eigenvalue weighted by molar-refractivity contribution is 6.30. The van der Waals surface area contributed by atoms with Crippen molar-refractivity contribution in [1.82, 2.24) is 10.6 Å². The highest BCUT2D eigenvalue weighted by Gasteiger charge is 2.18. The van der Waals surface area contributed by atoms with Gasteiger partial charge >= 0.3 is 5.97 Å². The monoisotopic (exact) mass is 342 g/mol. The molecule has 1 aromatic carbocycles. The van der Waals surface area contributed by atoms with E-state index in [2.05, 4.69) is 10.6 Å². The lowest BCUT2D eigenvalue weighted by atomic mass is 10.2. The van der Waals surface area contributed by atoms with Crippen LogP contribution in [0.15, 0.2) is 24.3 Å². The molecule has 0 fully saturated rings. The van der Waals surface area contributed by atoms with E-state index in [9.17, 15) is 14.4 Å². The fourth-order valence-electron chi connectivity index (χ4n) is 1.55. The normalized spacial score (nSPS) is 11.4. The summed E-state index contributed by atoms with van der Waals surface area (Å²) in [6.07, 6.45) is 0. The van der Waals surface area contributed by atoms with Crippen LogP contribution in [-0.4, -0.2) is 50.7 Å². The summed E-state index contributed by atoms with van der Waals surface area (Å²) in [5.74, 6) is -1.57. The number of esters is 1. The molecule has 8 heteroatoms. The number of ether oxygens (including phenoxy) is 2. The van der Waals surface area contributed by atoms with Crippen molar-refractivity contribution >= 4 is 29.4 Å². The highest BCUT2D eigenvalue weighted by Crippen LogP contribution is 2.09. The van der Waals surface area contributed by atoms with Gasteiger partial charge in [0.25, 0.3) is 11.8 Å². The average Bonchev–Trinajstić information content (AvgIpc) is 2.53. The number of benzene rings is 1. The lowest BCUT2D eigenvalue weighted by molar-refractivity contribution is -0.150. The molecule has 1 aromatic rings. The van der Waals surface area contributed by atoms with Crippen LogP contribution >= 0.6 is 11.6 Å². The Hall–Kier alpha value is -2.12. The van der Waals surface area contributed by atoms with Crippen LogP contribution in [0.4, 0.5) is 0 Å². The molecule has 0 aliphatic heterocycles. The lowest BCUT2D eigenvalue weighted by Crippen LogP contribution is -2.41. The Morgan fingerprint density at radius 2 is 1.87 bits per heavy atom. The van der Waals surface area contributed by atoms with Crippen LogP contribution < -0.4 is 10.6 Å². The van der Waals surface area contributed by atoms with E-state index in [1.807, 2.05) is 0 Å². The van der Waals surface area contributed by atoms with Gasteiger partial charge in [0, 0.05) is 24.2 Å². The fourth-order valence-corrected chi connectivity index (χ4v) is 1.67. The molecular formula is C15H19ClN2O5. The average molecular weight is 343 g/mol. The van der Waals surface area contributed by atoms with Gasteiger partial charge in [-0.25, -0.2) is 4.79 Å². The first-order chi connectivity index (χ1) is 10.9. The number of hydrogen-bond acceptors (Lipinski definition) is 5. The summed E-state index contributed by atoms with van der Waals surface area (Å²) in [4.78, 5) is 35.0. The summed E-state index contributed by atoms with van der Waals surface area (Å²) in [5.41, 5.74) is 0.367. The molecular weight excluding hydrogens is 324 g/mol. The first-order valence-corrected chi connectivity index (χ1v) is 7.30. The number of rotatable bonds is 8. The van der Waals surface area contributed by atoms with Crippen LogP contribution in [0.3, 0.4) is 0 Å². The molecule has 1 atom stereocenters. The first kappa shape index (κ1) is 18.9. The summed E-state index contributed by atoms with van der Waals surface area (Å²) >= 11 is 5.74. The van der Waals surface area contributed by atoms with E-state index in [0.29, 0.717) is 23.7 Å². The molecule has 0 saturated carbocycles. The van der Waals surface area contributed by atoms with Gasteiger partial charge in [-0.3, -0.25) is 9.59 Å². The molecule has 23 heavy (non-hydrogen) atoms. The molecule has 0 unspecified atom stereocenters. The summed E-state index contributed by atoms with van der Waals surface area (Å²) < 4.78 is 9.60. The van der Waals surface area contributed by atoms with E-state index in [1.54, 1.807) is 24.3 Å². The largest absolute Gasteiger partial charge is 0.454 e. The van der Waals surface area contributed by atoms with Gasteiger partial charge in [-0.15, -0.1) is 0 Å². The molecule has 2 amide bonds. The second-order valence-corrected chi connectivity index (χ2v) is 5.09. The molecule has 0 heterocycles. The number of carbonyl (C=O) groups excluding carboxylic acids is 3. The third kappa shape index (κ3) is 7.12. The van der Waals surface area contributed by atoms with Crippen molar-refractivity contribution in [3.63, 3.8) is 0 Å². The Morgan fingerprint density at radius 1 is 1.22 bits per heavy atom. The van der Waals surface area contributed by atoms with Gasteiger partial charge in [-0.2, -0.15) is 0 Å². The zero-order valence-corrected chi connectivity index (χ0v) is 13.7. The number of halogens is 1. The number of hydrogen-bond donors (Lipinski definition) is 2. The van der Waals surface area contributed by atoms with Crippen molar-refractivity contribution in [2.45, 2.75) is 13.0 Å². The molecule has 0 aliphatic rings. The maximum atomic E-state index is 11.9. The third-order valence-electron chi connectivity index (χ3n) is 2.78. The predicted octanol–water partition coefficient (Wildman–Crippen LogP) is 0.764. The molecule has 7 nitrogen and oxygen atoms in total. The molecule has 0 spiro atoms. The molecule has 1 rings (SSSR count). The molecule has 0 saturated heterocycles. The van der Waals surface area contributed by atoms with E-state index in [4.69, 9.17) is 21.1 Å². The van der Waals surface area contributed by atoms with Crippen molar-refractivity contribution in [2.24, 2.45) is 0 Å². The van der Waals surface area contributed by atoms with Gasteiger partial charge in [0.05, 0.1) is 6.61 Å². The Bertz CT molecular complexity index is 547. The topological polar surface area (TPSA) is 93.7 Å². The number of methoxy groups -OCH3 is 1. The standard InChI is InChI=1S/C15H19ClN2O5/c1-10(15(21)23-9-13(19)17-7-8-22-2)18-14(20)11-3-5-12(16)6-4-11/h3-6,10H,7-9H2,1-2H3,(H,17,19)(H,18,20)/t10-/m0/s1. The molecule has 0 bridgehead atoms. The SMILES string of the molecule is COCCNC(=O)COC(=O)[C@H](C)NC(=O)c1ccc(Cl)cc1. The maximum absolute atomic E-state index is 11.9. The van der Waals surface area contributed by atoms with Crippen molar-refractivity contribution in [2.75, 3.05) is 26.9 Å². The van der Waals surface area contributed by atoms with Crippen LogP contribution in [0.2, 0.25) is 5.02 Å². The lowest BCUT2D eigenvalue weighted by Gasteiger charge is -2.13. The Morgan fingerprint density at radius 3 is 2.48 bits per heavy atom. The van der Waals surface area contributed by atoms with Crippen LogP contribution in [0.1, 0.15) is 17.3 Å². The minimum atomic E-state index is -0.884. The van der Waals surface area contributed by atoms with Crippen LogP contribution in [0.5, 0.6) is 0 Å². The third-order valence-corrected chi connectivity index (χ3v) is 3.03. The van der Waals surface area contributed by atoms with Crippen LogP contribution in [0.25, 0.3) is 0 Å². The second kappa shape index (κ2) is 9.81. The van der Waals surface area contributed by atoms with Crippen molar-refractivity contribution in [3.8, 4) is 0 Å².